The van der Waals surface area contributed by atoms with Gasteiger partial charge in [-0.3, -0.25) is 39.0 Å². The van der Waals surface area contributed by atoms with Gasteiger partial charge in [0.2, 0.25) is 17.7 Å². The van der Waals surface area contributed by atoms with Gasteiger partial charge in [-0.25, -0.2) is 18.4 Å². The molecule has 6 amide bonds. The third kappa shape index (κ3) is 8.54. The quantitative estimate of drug-likeness (QED) is 0.200. The largest absolute Gasteiger partial charge is 0.371 e. The summed E-state index contributed by atoms with van der Waals surface area (Å²) in [7, 11) is -3.38. The van der Waals surface area contributed by atoms with Gasteiger partial charge < -0.3 is 31.1 Å². The molecule has 316 valence electrons. The molecule has 18 nitrogen and oxygen atoms in total. The number of amides is 6. The Morgan fingerprint density at radius 2 is 1.63 bits per heavy atom. The second kappa shape index (κ2) is 16.6. The average Bonchev–Trinajstić information content (AvgIpc) is 3.79. The van der Waals surface area contributed by atoms with E-state index in [-0.39, 0.29) is 58.2 Å². The van der Waals surface area contributed by atoms with Crippen LogP contribution in [0.3, 0.4) is 0 Å². The minimum atomic E-state index is -3.38. The fourth-order valence-corrected chi connectivity index (χ4v) is 9.58. The van der Waals surface area contributed by atoms with Gasteiger partial charge in [0.1, 0.15) is 11.9 Å². The van der Waals surface area contributed by atoms with Crippen LogP contribution in [0.1, 0.15) is 76.2 Å². The van der Waals surface area contributed by atoms with E-state index in [0.717, 1.165) is 75.1 Å². The number of piperidine rings is 3. The second-order valence-corrected chi connectivity index (χ2v) is 18.4. The Hall–Kier alpha value is -5.95. The van der Waals surface area contributed by atoms with Gasteiger partial charge in [0.15, 0.2) is 21.3 Å². The molecule has 0 aliphatic carbocycles. The molecular weight excluding hydrogens is 793 g/mol. The molecule has 6 heterocycles. The van der Waals surface area contributed by atoms with Crippen LogP contribution in [0.2, 0.25) is 0 Å². The third-order valence-corrected chi connectivity index (χ3v) is 13.3. The maximum atomic E-state index is 13.5. The smallest absolute Gasteiger partial charge is 0.271 e. The number of primary amides is 1. The Morgan fingerprint density at radius 3 is 2.35 bits per heavy atom. The van der Waals surface area contributed by atoms with Crippen LogP contribution in [0.25, 0.3) is 0 Å². The first-order valence-corrected chi connectivity index (χ1v) is 22.2. The molecule has 0 spiro atoms. The number of nitrogens with zero attached hydrogens (tertiary/aromatic N) is 6. The highest BCUT2D eigenvalue weighted by Gasteiger charge is 2.45. The molecular formula is C41H48N10O8S. The van der Waals surface area contributed by atoms with Crippen LogP contribution in [-0.2, 0) is 24.2 Å². The van der Waals surface area contributed by atoms with Crippen molar-refractivity contribution >= 4 is 68.3 Å². The SMILES string of the molecule is CS(=O)(=O)c1ccc(Nc2nc(N3CCC[C@@H](NC(=O)[C@H]4CCN(CC5CCN(c6ccc7c(c6)C(=O)N(C6CCC(=O)NC6=O)C7=O)CC5)C4)C3)cnc2C(N)=O)cc1. The van der Waals surface area contributed by atoms with Crippen molar-refractivity contribution in [3.63, 3.8) is 0 Å². The molecule has 8 rings (SSSR count). The molecule has 2 aromatic carbocycles. The van der Waals surface area contributed by atoms with Crippen LogP contribution in [-0.4, -0.2) is 128 Å². The zero-order valence-electron chi connectivity index (χ0n) is 33.3. The number of likely N-dealkylation sites (tertiary alicyclic amines) is 1. The van der Waals surface area contributed by atoms with Crippen molar-refractivity contribution in [3.05, 3.63) is 65.5 Å². The van der Waals surface area contributed by atoms with Crippen molar-refractivity contribution in [2.45, 2.75) is 61.9 Å². The van der Waals surface area contributed by atoms with Gasteiger partial charge in [-0.1, -0.05) is 0 Å². The lowest BCUT2D eigenvalue weighted by Crippen LogP contribution is -2.54. The molecule has 0 saturated carbocycles. The predicted octanol–water partition coefficient (Wildman–Crippen LogP) is 1.45. The molecule has 3 atom stereocenters. The number of nitrogens with one attached hydrogen (secondary N) is 3. The van der Waals surface area contributed by atoms with E-state index in [1.165, 1.54) is 18.3 Å². The molecule has 1 unspecified atom stereocenters. The molecule has 1 aromatic heterocycles. The number of sulfone groups is 1. The normalized spacial score (nSPS) is 22.8. The number of nitrogens with two attached hydrogens (primary N) is 1. The molecule has 5 aliphatic rings. The monoisotopic (exact) mass is 840 g/mol. The van der Waals surface area contributed by atoms with Gasteiger partial charge in [0.05, 0.1) is 28.1 Å². The Bertz CT molecular complexity index is 2350. The van der Waals surface area contributed by atoms with Crippen molar-refractivity contribution in [2.24, 2.45) is 17.6 Å². The summed E-state index contributed by atoms with van der Waals surface area (Å²) in [5.74, 6) is -1.80. The van der Waals surface area contributed by atoms with Gasteiger partial charge in [0, 0.05) is 69.4 Å². The maximum Gasteiger partial charge on any atom is 0.271 e. The Labute approximate surface area is 347 Å². The number of fused-ring (bicyclic) bond motifs is 1. The number of benzene rings is 2. The molecule has 5 aliphatic heterocycles. The summed E-state index contributed by atoms with van der Waals surface area (Å²) >= 11 is 0. The van der Waals surface area contributed by atoms with Gasteiger partial charge in [-0.2, -0.15) is 0 Å². The lowest BCUT2D eigenvalue weighted by atomic mass is 9.95. The van der Waals surface area contributed by atoms with Crippen LogP contribution < -0.4 is 31.5 Å². The van der Waals surface area contributed by atoms with E-state index in [2.05, 4.69) is 35.7 Å². The summed E-state index contributed by atoms with van der Waals surface area (Å²) in [4.78, 5) is 93.0. The second-order valence-electron chi connectivity index (χ2n) is 16.4. The Kier molecular flexibility index (Phi) is 11.3. The minimum Gasteiger partial charge on any atom is -0.371 e. The first-order chi connectivity index (χ1) is 28.7. The molecule has 4 saturated heterocycles. The van der Waals surface area contributed by atoms with Crippen molar-refractivity contribution in [2.75, 3.05) is 67.2 Å². The maximum absolute atomic E-state index is 13.5. The third-order valence-electron chi connectivity index (χ3n) is 12.2. The summed E-state index contributed by atoms with van der Waals surface area (Å²) in [6.45, 7) is 5.18. The number of hydrogen-bond acceptors (Lipinski definition) is 14. The predicted molar refractivity (Wildman–Crippen MR) is 219 cm³/mol. The van der Waals surface area contributed by atoms with E-state index in [0.29, 0.717) is 37.1 Å². The molecule has 5 N–H and O–H groups in total. The lowest BCUT2D eigenvalue weighted by molar-refractivity contribution is -0.136. The highest BCUT2D eigenvalue weighted by atomic mass is 32.2. The zero-order chi connectivity index (χ0) is 42.3. The summed E-state index contributed by atoms with van der Waals surface area (Å²) in [5.41, 5.74) is 7.44. The average molecular weight is 841 g/mol. The highest BCUT2D eigenvalue weighted by Crippen LogP contribution is 2.33. The molecule has 0 radical (unpaired) electrons. The standard InChI is InChI=1S/C41H48N10O8S/c1-60(58,59)29-7-4-26(5-8-29)44-37-35(36(42)53)43-20-33(46-37)50-15-2-3-27(23-50)45-38(54)25-14-16-48(22-25)21-24-12-17-49(18-13-24)28-6-9-30-31(19-28)41(57)51(40(30)56)32-10-11-34(52)47-39(32)55/h4-9,19-20,24-25,27,32H,2-3,10-18,21-23H2,1H3,(H2,42,53)(H,44,46)(H,45,54)(H,47,52,55)/t25-,27+,32?/m0/s1. The first kappa shape index (κ1) is 40.8. The van der Waals surface area contributed by atoms with Gasteiger partial charge >= 0.3 is 0 Å². The van der Waals surface area contributed by atoms with Gasteiger partial charge in [-0.15, -0.1) is 0 Å². The van der Waals surface area contributed by atoms with Gasteiger partial charge in [0.25, 0.3) is 17.7 Å². The first-order valence-electron chi connectivity index (χ1n) is 20.3. The van der Waals surface area contributed by atoms with E-state index < -0.39 is 45.4 Å². The molecule has 4 fully saturated rings. The van der Waals surface area contributed by atoms with Crippen molar-refractivity contribution in [1.29, 1.82) is 0 Å². The van der Waals surface area contributed by atoms with Crippen LogP contribution in [0, 0.1) is 11.8 Å². The zero-order valence-corrected chi connectivity index (χ0v) is 34.1. The molecule has 60 heavy (non-hydrogen) atoms. The molecule has 19 heteroatoms. The number of carbonyl (C=O) groups is 6. The van der Waals surface area contributed by atoms with E-state index in [4.69, 9.17) is 5.73 Å². The van der Waals surface area contributed by atoms with Crippen LogP contribution in [0.15, 0.2) is 53.6 Å². The van der Waals surface area contributed by atoms with Gasteiger partial charge in [-0.05, 0) is 93.5 Å². The number of imide groups is 2. The lowest BCUT2D eigenvalue weighted by Gasteiger charge is -2.35. The van der Waals surface area contributed by atoms with Crippen LogP contribution in [0.5, 0.6) is 0 Å². The fourth-order valence-electron chi connectivity index (χ4n) is 8.95. The van der Waals surface area contributed by atoms with Crippen LogP contribution >= 0.6 is 0 Å². The van der Waals surface area contributed by atoms with E-state index in [9.17, 15) is 37.2 Å². The highest BCUT2D eigenvalue weighted by molar-refractivity contribution is 7.90. The summed E-state index contributed by atoms with van der Waals surface area (Å²) in [6.07, 6.45) is 7.09. The van der Waals surface area contributed by atoms with Crippen molar-refractivity contribution in [1.82, 2.24) is 30.4 Å². The van der Waals surface area contributed by atoms with Crippen molar-refractivity contribution in [3.8, 4) is 0 Å². The molecule has 3 aromatic rings. The Morgan fingerprint density at radius 1 is 0.883 bits per heavy atom. The minimum absolute atomic E-state index is 0.0371. The molecule has 0 bridgehead atoms. The van der Waals surface area contributed by atoms with Crippen molar-refractivity contribution < 1.29 is 37.2 Å². The number of carbonyl (C=O) groups excluding carboxylic acids is 6. The van der Waals surface area contributed by atoms with E-state index in [1.54, 1.807) is 24.3 Å². The van der Waals surface area contributed by atoms with E-state index >= 15 is 0 Å². The van der Waals surface area contributed by atoms with E-state index in [1.807, 2.05) is 11.0 Å². The summed E-state index contributed by atoms with van der Waals surface area (Å²) < 4.78 is 23.8. The number of rotatable bonds is 11. The topological polar surface area (TPSA) is 237 Å². The summed E-state index contributed by atoms with van der Waals surface area (Å²) in [5, 5.41) is 8.55. The summed E-state index contributed by atoms with van der Waals surface area (Å²) in [6, 6.07) is 10.2. The number of anilines is 4. The van der Waals surface area contributed by atoms with Crippen LogP contribution in [0.4, 0.5) is 23.0 Å². The number of hydrogen-bond donors (Lipinski definition) is 4. The number of aromatic nitrogens is 2. The Balaban J connectivity index is 0.812. The fraction of sp³-hybridized carbons (Fsp3) is 0.463.